The number of hydrogen-bond acceptors (Lipinski definition) is 3. The van der Waals surface area contributed by atoms with Crippen LogP contribution in [0.3, 0.4) is 0 Å². The SMILES string of the molecule is COc1cccc(-c2cn[nH]c2C2CCCCN2)c1. The number of benzene rings is 1. The van der Waals surface area contributed by atoms with Crippen LogP contribution in [0.4, 0.5) is 0 Å². The Balaban J connectivity index is 1.94. The van der Waals surface area contributed by atoms with Gasteiger partial charge in [0.1, 0.15) is 5.75 Å². The van der Waals surface area contributed by atoms with Gasteiger partial charge in [-0.15, -0.1) is 0 Å². The number of ether oxygens (including phenoxy) is 1. The molecule has 0 bridgehead atoms. The van der Waals surface area contributed by atoms with Gasteiger partial charge in [-0.1, -0.05) is 18.6 Å². The van der Waals surface area contributed by atoms with E-state index in [9.17, 15) is 0 Å². The van der Waals surface area contributed by atoms with Crippen LogP contribution in [-0.4, -0.2) is 23.9 Å². The van der Waals surface area contributed by atoms with E-state index in [1.807, 2.05) is 18.3 Å². The number of nitrogens with zero attached hydrogens (tertiary/aromatic N) is 1. The summed E-state index contributed by atoms with van der Waals surface area (Å²) in [5.74, 6) is 0.876. The molecule has 1 atom stereocenters. The van der Waals surface area contributed by atoms with Gasteiger partial charge in [-0.3, -0.25) is 5.10 Å². The van der Waals surface area contributed by atoms with Crippen molar-refractivity contribution in [1.82, 2.24) is 15.5 Å². The highest BCUT2D eigenvalue weighted by Crippen LogP contribution is 2.31. The quantitative estimate of drug-likeness (QED) is 0.889. The largest absolute Gasteiger partial charge is 0.497 e. The third-order valence-corrected chi connectivity index (χ3v) is 3.71. The molecule has 3 rings (SSSR count). The van der Waals surface area contributed by atoms with Gasteiger partial charge in [0.25, 0.3) is 0 Å². The van der Waals surface area contributed by atoms with Crippen molar-refractivity contribution in [3.05, 3.63) is 36.2 Å². The van der Waals surface area contributed by atoms with E-state index in [2.05, 4.69) is 27.6 Å². The molecular formula is C15H19N3O. The second-order valence-electron chi connectivity index (χ2n) is 4.93. The summed E-state index contributed by atoms with van der Waals surface area (Å²) in [4.78, 5) is 0. The molecule has 1 aliphatic rings. The molecule has 19 heavy (non-hydrogen) atoms. The molecule has 1 fully saturated rings. The molecule has 0 aliphatic carbocycles. The van der Waals surface area contributed by atoms with Crippen molar-refractivity contribution in [3.63, 3.8) is 0 Å². The van der Waals surface area contributed by atoms with E-state index in [1.54, 1.807) is 7.11 Å². The van der Waals surface area contributed by atoms with Crippen molar-refractivity contribution in [2.24, 2.45) is 0 Å². The Morgan fingerprint density at radius 3 is 3.05 bits per heavy atom. The van der Waals surface area contributed by atoms with Crippen molar-refractivity contribution in [3.8, 4) is 16.9 Å². The Morgan fingerprint density at radius 2 is 2.26 bits per heavy atom. The topological polar surface area (TPSA) is 49.9 Å². The first-order chi connectivity index (χ1) is 9.38. The Hall–Kier alpha value is -1.81. The lowest BCUT2D eigenvalue weighted by Crippen LogP contribution is -2.27. The van der Waals surface area contributed by atoms with Crippen molar-refractivity contribution in [1.29, 1.82) is 0 Å². The Kier molecular flexibility index (Phi) is 3.51. The van der Waals surface area contributed by atoms with Gasteiger partial charge in [-0.05, 0) is 37.1 Å². The highest BCUT2D eigenvalue weighted by atomic mass is 16.5. The van der Waals surface area contributed by atoms with E-state index in [1.165, 1.54) is 30.5 Å². The molecule has 0 amide bonds. The smallest absolute Gasteiger partial charge is 0.119 e. The van der Waals surface area contributed by atoms with E-state index in [0.717, 1.165) is 17.9 Å². The standard InChI is InChI=1S/C15H19N3O/c1-19-12-6-4-5-11(9-12)13-10-17-18-15(13)14-7-2-3-8-16-14/h4-6,9-10,14,16H,2-3,7-8H2,1H3,(H,17,18). The zero-order chi connectivity index (χ0) is 13.1. The monoisotopic (exact) mass is 257 g/mol. The minimum atomic E-state index is 0.387. The second kappa shape index (κ2) is 5.45. The number of nitrogens with one attached hydrogen (secondary N) is 2. The summed E-state index contributed by atoms with van der Waals surface area (Å²) in [6.07, 6.45) is 5.60. The highest BCUT2D eigenvalue weighted by Gasteiger charge is 2.20. The molecule has 4 heteroatoms. The van der Waals surface area contributed by atoms with Crippen molar-refractivity contribution in [2.45, 2.75) is 25.3 Å². The minimum Gasteiger partial charge on any atom is -0.497 e. The first-order valence-corrected chi connectivity index (χ1v) is 6.79. The first-order valence-electron chi connectivity index (χ1n) is 6.79. The van der Waals surface area contributed by atoms with E-state index >= 15 is 0 Å². The molecule has 1 aromatic carbocycles. The number of H-pyrrole nitrogens is 1. The number of rotatable bonds is 3. The summed E-state index contributed by atoms with van der Waals surface area (Å²) in [5, 5.41) is 10.9. The van der Waals surface area contributed by atoms with Crippen LogP contribution in [0.25, 0.3) is 11.1 Å². The van der Waals surface area contributed by atoms with Gasteiger partial charge >= 0.3 is 0 Å². The minimum absolute atomic E-state index is 0.387. The normalized spacial score (nSPS) is 19.3. The summed E-state index contributed by atoms with van der Waals surface area (Å²) in [5.41, 5.74) is 3.50. The van der Waals surface area contributed by atoms with Crippen LogP contribution >= 0.6 is 0 Å². The van der Waals surface area contributed by atoms with Crippen molar-refractivity contribution < 1.29 is 4.74 Å². The second-order valence-corrected chi connectivity index (χ2v) is 4.93. The molecule has 1 saturated heterocycles. The third-order valence-electron chi connectivity index (χ3n) is 3.71. The lowest BCUT2D eigenvalue weighted by Gasteiger charge is -2.23. The van der Waals surface area contributed by atoms with Crippen molar-refractivity contribution >= 4 is 0 Å². The maximum atomic E-state index is 5.29. The zero-order valence-electron chi connectivity index (χ0n) is 11.1. The van der Waals surface area contributed by atoms with Crippen LogP contribution in [0.1, 0.15) is 31.0 Å². The van der Waals surface area contributed by atoms with E-state index in [-0.39, 0.29) is 0 Å². The van der Waals surface area contributed by atoms with Gasteiger partial charge < -0.3 is 10.1 Å². The lowest BCUT2D eigenvalue weighted by atomic mass is 9.96. The van der Waals surface area contributed by atoms with Crippen LogP contribution < -0.4 is 10.1 Å². The fourth-order valence-electron chi connectivity index (χ4n) is 2.68. The van der Waals surface area contributed by atoms with Crippen LogP contribution in [0.15, 0.2) is 30.5 Å². The Bertz CT molecular complexity index is 544. The molecule has 1 aliphatic heterocycles. The summed E-state index contributed by atoms with van der Waals surface area (Å²) < 4.78 is 5.29. The summed E-state index contributed by atoms with van der Waals surface area (Å²) in [7, 11) is 1.69. The van der Waals surface area contributed by atoms with Gasteiger partial charge in [-0.25, -0.2) is 0 Å². The number of aromatic amines is 1. The van der Waals surface area contributed by atoms with E-state index in [0.29, 0.717) is 6.04 Å². The Morgan fingerprint density at radius 1 is 1.32 bits per heavy atom. The third kappa shape index (κ3) is 2.49. The van der Waals surface area contributed by atoms with Crippen LogP contribution in [-0.2, 0) is 0 Å². The molecule has 100 valence electrons. The summed E-state index contributed by atoms with van der Waals surface area (Å²) in [6, 6.07) is 8.51. The van der Waals surface area contributed by atoms with Gasteiger partial charge in [0, 0.05) is 11.6 Å². The predicted molar refractivity (Wildman–Crippen MR) is 75.2 cm³/mol. The molecule has 4 nitrogen and oxygen atoms in total. The molecule has 2 heterocycles. The van der Waals surface area contributed by atoms with Crippen LogP contribution in [0, 0.1) is 0 Å². The Labute approximate surface area is 113 Å². The predicted octanol–water partition coefficient (Wildman–Crippen LogP) is 2.90. The first kappa shape index (κ1) is 12.2. The van der Waals surface area contributed by atoms with Crippen LogP contribution in [0.5, 0.6) is 5.75 Å². The molecule has 0 saturated carbocycles. The zero-order valence-corrected chi connectivity index (χ0v) is 11.1. The molecule has 0 radical (unpaired) electrons. The molecule has 1 aromatic heterocycles. The van der Waals surface area contributed by atoms with E-state index in [4.69, 9.17) is 4.74 Å². The van der Waals surface area contributed by atoms with Gasteiger partial charge in [0.05, 0.1) is 19.0 Å². The summed E-state index contributed by atoms with van der Waals surface area (Å²) in [6.45, 7) is 1.08. The average molecular weight is 257 g/mol. The fourth-order valence-corrected chi connectivity index (χ4v) is 2.68. The fraction of sp³-hybridized carbons (Fsp3) is 0.400. The molecule has 2 aromatic rings. The maximum absolute atomic E-state index is 5.29. The van der Waals surface area contributed by atoms with Gasteiger partial charge in [-0.2, -0.15) is 5.10 Å². The maximum Gasteiger partial charge on any atom is 0.119 e. The molecule has 1 unspecified atom stereocenters. The molecular weight excluding hydrogens is 238 g/mol. The number of hydrogen-bond donors (Lipinski definition) is 2. The molecule has 2 N–H and O–H groups in total. The highest BCUT2D eigenvalue weighted by molar-refractivity contribution is 5.67. The van der Waals surface area contributed by atoms with Crippen LogP contribution in [0.2, 0.25) is 0 Å². The average Bonchev–Trinajstić information content (AvgIpc) is 2.98. The van der Waals surface area contributed by atoms with Gasteiger partial charge in [0.2, 0.25) is 0 Å². The molecule has 0 spiro atoms. The van der Waals surface area contributed by atoms with Gasteiger partial charge in [0.15, 0.2) is 0 Å². The van der Waals surface area contributed by atoms with E-state index < -0.39 is 0 Å². The number of methoxy groups -OCH3 is 1. The summed E-state index contributed by atoms with van der Waals surface area (Å²) >= 11 is 0. The number of piperidine rings is 1. The van der Waals surface area contributed by atoms with Crippen molar-refractivity contribution in [2.75, 3.05) is 13.7 Å². The lowest BCUT2D eigenvalue weighted by molar-refractivity contribution is 0.405. The number of aromatic nitrogens is 2.